The fraction of sp³-hybridized carbons (Fsp3) is 0.462. The van der Waals surface area contributed by atoms with Crippen LogP contribution in [0.5, 0.6) is 0 Å². The Morgan fingerprint density at radius 1 is 1.44 bits per heavy atom. The number of nitrogens with zero attached hydrogens (tertiary/aromatic N) is 2. The summed E-state index contributed by atoms with van der Waals surface area (Å²) in [5.74, 6) is 0.344. The van der Waals surface area contributed by atoms with Crippen molar-refractivity contribution in [2.24, 2.45) is 0 Å². The van der Waals surface area contributed by atoms with Crippen molar-refractivity contribution in [3.8, 4) is 0 Å². The van der Waals surface area contributed by atoms with E-state index in [1.165, 1.54) is 6.07 Å². The topological polar surface area (TPSA) is 17.8 Å². The van der Waals surface area contributed by atoms with E-state index in [1.54, 1.807) is 6.07 Å². The van der Waals surface area contributed by atoms with E-state index in [4.69, 9.17) is 23.2 Å². The van der Waals surface area contributed by atoms with Crippen molar-refractivity contribution in [2.75, 3.05) is 0 Å². The molecule has 0 radical (unpaired) electrons. The van der Waals surface area contributed by atoms with Crippen LogP contribution in [0.15, 0.2) is 12.1 Å². The summed E-state index contributed by atoms with van der Waals surface area (Å²) < 4.78 is 15.6. The van der Waals surface area contributed by atoms with Gasteiger partial charge >= 0.3 is 0 Å². The summed E-state index contributed by atoms with van der Waals surface area (Å²) in [4.78, 5) is 4.45. The van der Waals surface area contributed by atoms with Gasteiger partial charge < -0.3 is 4.57 Å². The van der Waals surface area contributed by atoms with Crippen LogP contribution < -0.4 is 0 Å². The summed E-state index contributed by atoms with van der Waals surface area (Å²) in [7, 11) is 0. The highest BCUT2D eigenvalue weighted by atomic mass is 35.5. The molecule has 3 rings (SSSR count). The minimum Gasteiger partial charge on any atom is -0.321 e. The van der Waals surface area contributed by atoms with Crippen LogP contribution in [0.3, 0.4) is 0 Å². The SMILES string of the molecule is CC(Cl)c1nc2cc(F)c(Cl)cc2n1C1(C)CC1. The van der Waals surface area contributed by atoms with E-state index in [9.17, 15) is 4.39 Å². The highest BCUT2D eigenvalue weighted by Crippen LogP contribution is 2.47. The van der Waals surface area contributed by atoms with Crippen molar-refractivity contribution in [1.82, 2.24) is 9.55 Å². The largest absolute Gasteiger partial charge is 0.321 e. The normalized spacial score (nSPS) is 19.2. The maximum Gasteiger partial charge on any atom is 0.144 e. The minimum atomic E-state index is -0.441. The Morgan fingerprint density at radius 3 is 2.67 bits per heavy atom. The number of alkyl halides is 1. The predicted octanol–water partition coefficient (Wildman–Crippen LogP) is 4.64. The molecule has 2 nitrogen and oxygen atoms in total. The van der Waals surface area contributed by atoms with Crippen LogP contribution in [0, 0.1) is 5.82 Å². The van der Waals surface area contributed by atoms with E-state index >= 15 is 0 Å². The van der Waals surface area contributed by atoms with Gasteiger partial charge in [0.2, 0.25) is 0 Å². The third-order valence-corrected chi connectivity index (χ3v) is 4.08. The smallest absolute Gasteiger partial charge is 0.144 e. The van der Waals surface area contributed by atoms with Crippen LogP contribution in [0.25, 0.3) is 11.0 Å². The quantitative estimate of drug-likeness (QED) is 0.736. The molecule has 1 aromatic heterocycles. The second-order valence-electron chi connectivity index (χ2n) is 5.17. The molecule has 18 heavy (non-hydrogen) atoms. The zero-order valence-electron chi connectivity index (χ0n) is 10.2. The number of hydrogen-bond acceptors (Lipinski definition) is 1. The molecule has 1 unspecified atom stereocenters. The molecule has 0 spiro atoms. The van der Waals surface area contributed by atoms with Crippen LogP contribution in [0.4, 0.5) is 4.39 Å². The molecule has 1 fully saturated rings. The van der Waals surface area contributed by atoms with Crippen molar-refractivity contribution in [3.63, 3.8) is 0 Å². The minimum absolute atomic E-state index is 0.0500. The molecule has 0 amide bonds. The molecule has 0 saturated heterocycles. The van der Waals surface area contributed by atoms with E-state index in [0.29, 0.717) is 5.52 Å². The molecule has 1 heterocycles. The predicted molar refractivity (Wildman–Crippen MR) is 71.9 cm³/mol. The lowest BCUT2D eigenvalue weighted by Crippen LogP contribution is -2.16. The van der Waals surface area contributed by atoms with Gasteiger partial charge in [-0.2, -0.15) is 0 Å². The zero-order chi connectivity index (χ0) is 13.1. The van der Waals surface area contributed by atoms with Crippen LogP contribution in [-0.2, 0) is 5.54 Å². The first-order valence-electron chi connectivity index (χ1n) is 5.94. The summed E-state index contributed by atoms with van der Waals surface area (Å²) in [5, 5.41) is -0.0849. The van der Waals surface area contributed by atoms with Crippen LogP contribution in [-0.4, -0.2) is 9.55 Å². The van der Waals surface area contributed by atoms with Gasteiger partial charge in [0.05, 0.1) is 21.4 Å². The lowest BCUT2D eigenvalue weighted by molar-refractivity contribution is 0.522. The Kier molecular flexibility index (Phi) is 2.62. The monoisotopic (exact) mass is 286 g/mol. The number of hydrogen-bond donors (Lipinski definition) is 0. The molecule has 1 aliphatic rings. The molecular weight excluding hydrogens is 274 g/mol. The molecule has 2 aromatic rings. The van der Waals surface area contributed by atoms with Gasteiger partial charge in [0, 0.05) is 11.6 Å². The molecular formula is C13H13Cl2FN2. The first kappa shape index (κ1) is 12.2. The molecule has 5 heteroatoms. The molecule has 96 valence electrons. The fourth-order valence-electron chi connectivity index (χ4n) is 2.33. The lowest BCUT2D eigenvalue weighted by Gasteiger charge is -2.17. The second kappa shape index (κ2) is 3.84. The van der Waals surface area contributed by atoms with Crippen molar-refractivity contribution in [2.45, 2.75) is 37.6 Å². The summed E-state index contributed by atoms with van der Waals surface area (Å²) >= 11 is 12.1. The molecule has 0 N–H and O–H groups in total. The summed E-state index contributed by atoms with van der Waals surface area (Å²) in [6.07, 6.45) is 2.17. The number of fused-ring (bicyclic) bond motifs is 1. The second-order valence-corrected chi connectivity index (χ2v) is 6.24. The number of imidazole rings is 1. The Balaban J connectivity index is 2.35. The lowest BCUT2D eigenvalue weighted by atomic mass is 10.2. The molecule has 0 aliphatic heterocycles. The maximum absolute atomic E-state index is 13.5. The van der Waals surface area contributed by atoms with Gasteiger partial charge in [0.25, 0.3) is 0 Å². The van der Waals surface area contributed by atoms with E-state index in [-0.39, 0.29) is 15.9 Å². The van der Waals surface area contributed by atoms with Crippen molar-refractivity contribution < 1.29 is 4.39 Å². The maximum atomic E-state index is 13.5. The summed E-state index contributed by atoms with van der Waals surface area (Å²) in [6, 6.07) is 3.02. The van der Waals surface area contributed by atoms with Gasteiger partial charge in [-0.05, 0) is 32.8 Å². The third kappa shape index (κ3) is 1.72. The van der Waals surface area contributed by atoms with Crippen LogP contribution in [0.1, 0.15) is 37.9 Å². The van der Waals surface area contributed by atoms with Gasteiger partial charge in [-0.15, -0.1) is 11.6 Å². The van der Waals surface area contributed by atoms with Gasteiger partial charge in [-0.1, -0.05) is 11.6 Å². The molecule has 1 aliphatic carbocycles. The van der Waals surface area contributed by atoms with E-state index in [1.807, 2.05) is 6.92 Å². The van der Waals surface area contributed by atoms with Gasteiger partial charge in [-0.3, -0.25) is 0 Å². The molecule has 1 atom stereocenters. The van der Waals surface area contributed by atoms with E-state index in [0.717, 1.165) is 24.2 Å². The van der Waals surface area contributed by atoms with Gasteiger partial charge in [0.15, 0.2) is 0 Å². The van der Waals surface area contributed by atoms with Crippen molar-refractivity contribution in [1.29, 1.82) is 0 Å². The zero-order valence-corrected chi connectivity index (χ0v) is 11.7. The summed E-state index contributed by atoms with van der Waals surface area (Å²) in [6.45, 7) is 4.04. The first-order valence-corrected chi connectivity index (χ1v) is 6.76. The molecule has 1 aromatic carbocycles. The highest BCUT2D eigenvalue weighted by molar-refractivity contribution is 6.31. The Bertz CT molecular complexity index is 629. The third-order valence-electron chi connectivity index (χ3n) is 3.59. The Hall–Kier alpha value is -0.800. The number of aromatic nitrogens is 2. The van der Waals surface area contributed by atoms with E-state index in [2.05, 4.69) is 16.5 Å². The van der Waals surface area contributed by atoms with E-state index < -0.39 is 5.82 Å². The Morgan fingerprint density at radius 2 is 2.11 bits per heavy atom. The Labute approximate surface area is 115 Å². The van der Waals surface area contributed by atoms with Crippen LogP contribution >= 0.6 is 23.2 Å². The standard InChI is InChI=1S/C13H13Cl2FN2/c1-7(14)12-17-10-6-9(16)8(15)5-11(10)18(12)13(2)3-4-13/h5-7H,3-4H2,1-2H3. The molecule has 0 bridgehead atoms. The highest BCUT2D eigenvalue weighted by Gasteiger charge is 2.42. The van der Waals surface area contributed by atoms with Gasteiger partial charge in [-0.25, -0.2) is 9.37 Å². The van der Waals surface area contributed by atoms with Crippen molar-refractivity contribution >= 4 is 34.2 Å². The number of benzene rings is 1. The average molecular weight is 287 g/mol. The van der Waals surface area contributed by atoms with Crippen molar-refractivity contribution in [3.05, 3.63) is 28.8 Å². The fourth-order valence-corrected chi connectivity index (χ4v) is 2.63. The first-order chi connectivity index (χ1) is 8.42. The average Bonchev–Trinajstić information content (AvgIpc) is 2.90. The number of rotatable bonds is 2. The summed E-state index contributed by atoms with van der Waals surface area (Å²) in [5.41, 5.74) is 1.53. The van der Waals surface area contributed by atoms with Gasteiger partial charge in [0.1, 0.15) is 11.6 Å². The number of halogens is 3. The molecule has 1 saturated carbocycles. The van der Waals surface area contributed by atoms with Crippen LogP contribution in [0.2, 0.25) is 5.02 Å².